The van der Waals surface area contributed by atoms with Crippen molar-refractivity contribution in [3.63, 3.8) is 0 Å². The van der Waals surface area contributed by atoms with Gasteiger partial charge in [0.2, 0.25) is 0 Å². The van der Waals surface area contributed by atoms with E-state index in [-0.39, 0.29) is 0 Å². The SMILES string of the molecule is Cc1cc(-c2cc(-c3ccc(-c4nc(-c5ccccc5)nc(-c5ccccc5)n4)cc3)ccc2-c2ccc(-c3nc(-c4ccccc4)nc(-c4cccc(-c5ccccc5)c4)n3)cc2)nc(C)n1. The normalized spacial score (nSPS) is 11.1. The number of aryl methyl sites for hydroxylation is 2. The van der Waals surface area contributed by atoms with Crippen molar-refractivity contribution in [1.82, 2.24) is 39.9 Å². The number of hydrogen-bond donors (Lipinski definition) is 0. The summed E-state index contributed by atoms with van der Waals surface area (Å²) in [5, 5.41) is 0. The van der Waals surface area contributed by atoms with Gasteiger partial charge in [-0.2, -0.15) is 0 Å². The molecule has 0 unspecified atom stereocenters. The van der Waals surface area contributed by atoms with Crippen molar-refractivity contribution >= 4 is 0 Å². The van der Waals surface area contributed by atoms with E-state index in [2.05, 4.69) is 120 Å². The van der Waals surface area contributed by atoms with Crippen LogP contribution in [0.3, 0.4) is 0 Å². The lowest BCUT2D eigenvalue weighted by Crippen LogP contribution is -2.00. The Bertz CT molecular complexity index is 3470. The molecule has 8 heteroatoms. The van der Waals surface area contributed by atoms with Crippen molar-refractivity contribution in [2.45, 2.75) is 13.8 Å². The Morgan fingerprint density at radius 1 is 0.221 bits per heavy atom. The molecule has 0 aliphatic rings. The Kier molecular flexibility index (Phi) is 11.2. The molecule has 0 N–H and O–H groups in total. The van der Waals surface area contributed by atoms with E-state index in [1.807, 2.05) is 117 Å². The van der Waals surface area contributed by atoms with Crippen molar-refractivity contribution in [2.75, 3.05) is 0 Å². The van der Waals surface area contributed by atoms with Crippen LogP contribution in [0.5, 0.6) is 0 Å². The van der Waals surface area contributed by atoms with Crippen molar-refractivity contribution in [1.29, 1.82) is 0 Å². The second-order valence-corrected chi connectivity index (χ2v) is 16.5. The summed E-state index contributed by atoms with van der Waals surface area (Å²) < 4.78 is 0. The van der Waals surface area contributed by atoms with E-state index in [9.17, 15) is 0 Å². The first-order valence-corrected chi connectivity index (χ1v) is 22.5. The molecule has 0 atom stereocenters. The minimum absolute atomic E-state index is 0.594. The third-order valence-electron chi connectivity index (χ3n) is 11.8. The smallest absolute Gasteiger partial charge is 0.164 e. The number of aromatic nitrogens is 8. The van der Waals surface area contributed by atoms with Crippen LogP contribution in [-0.2, 0) is 0 Å². The second kappa shape index (κ2) is 18.4. The molecule has 0 amide bonds. The first kappa shape index (κ1) is 41.6. The molecule has 68 heavy (non-hydrogen) atoms. The summed E-state index contributed by atoms with van der Waals surface area (Å²) in [6.45, 7) is 3.94. The Morgan fingerprint density at radius 2 is 0.559 bits per heavy atom. The lowest BCUT2D eigenvalue weighted by molar-refractivity contribution is 1.02. The fraction of sp³-hybridized carbons (Fsp3) is 0.0333. The number of rotatable bonds is 10. The first-order chi connectivity index (χ1) is 33.5. The number of hydrogen-bond acceptors (Lipinski definition) is 8. The minimum Gasteiger partial charge on any atom is -0.239 e. The third kappa shape index (κ3) is 8.82. The summed E-state index contributed by atoms with van der Waals surface area (Å²) in [7, 11) is 0. The zero-order chi connectivity index (χ0) is 45.8. The maximum Gasteiger partial charge on any atom is 0.164 e. The molecule has 11 aromatic rings. The molecule has 8 aromatic carbocycles. The van der Waals surface area contributed by atoms with Gasteiger partial charge in [0.15, 0.2) is 34.9 Å². The molecule has 0 spiro atoms. The number of nitrogens with zero attached hydrogens (tertiary/aromatic N) is 8. The van der Waals surface area contributed by atoms with Gasteiger partial charge in [0, 0.05) is 44.6 Å². The third-order valence-corrected chi connectivity index (χ3v) is 11.8. The van der Waals surface area contributed by atoms with Crippen molar-refractivity contribution in [2.24, 2.45) is 0 Å². The molecule has 322 valence electrons. The van der Waals surface area contributed by atoms with E-state index in [1.165, 1.54) is 0 Å². The van der Waals surface area contributed by atoms with Crippen LogP contribution in [0.2, 0.25) is 0 Å². The molecule has 0 bridgehead atoms. The maximum atomic E-state index is 5.08. The van der Waals surface area contributed by atoms with E-state index in [4.69, 9.17) is 34.9 Å². The maximum absolute atomic E-state index is 5.08. The average Bonchev–Trinajstić information content (AvgIpc) is 3.41. The predicted octanol–water partition coefficient (Wildman–Crippen LogP) is 14.1. The van der Waals surface area contributed by atoms with E-state index in [0.717, 1.165) is 83.7 Å². The van der Waals surface area contributed by atoms with Crippen LogP contribution in [0.1, 0.15) is 11.5 Å². The Morgan fingerprint density at radius 3 is 1.03 bits per heavy atom. The topological polar surface area (TPSA) is 103 Å². The fourth-order valence-corrected chi connectivity index (χ4v) is 8.41. The highest BCUT2D eigenvalue weighted by Gasteiger charge is 2.17. The van der Waals surface area contributed by atoms with E-state index in [0.29, 0.717) is 40.8 Å². The van der Waals surface area contributed by atoms with E-state index in [1.54, 1.807) is 0 Å². The molecule has 0 saturated carbocycles. The Balaban J connectivity index is 0.952. The van der Waals surface area contributed by atoms with Gasteiger partial charge in [0.05, 0.1) is 5.69 Å². The van der Waals surface area contributed by atoms with Gasteiger partial charge in [0.1, 0.15) is 5.82 Å². The van der Waals surface area contributed by atoms with Gasteiger partial charge < -0.3 is 0 Å². The van der Waals surface area contributed by atoms with E-state index >= 15 is 0 Å². The lowest BCUT2D eigenvalue weighted by Gasteiger charge is -2.14. The number of benzene rings is 8. The van der Waals surface area contributed by atoms with Crippen LogP contribution in [0, 0.1) is 13.8 Å². The Hall–Kier alpha value is -9.14. The highest BCUT2D eigenvalue weighted by molar-refractivity contribution is 5.87. The predicted molar refractivity (Wildman–Crippen MR) is 273 cm³/mol. The molecular weight excluding hydrogens is 833 g/mol. The van der Waals surface area contributed by atoms with Crippen molar-refractivity contribution in [3.05, 3.63) is 230 Å². The minimum atomic E-state index is 0.594. The molecule has 0 fully saturated rings. The van der Waals surface area contributed by atoms with Crippen LogP contribution >= 0.6 is 0 Å². The van der Waals surface area contributed by atoms with Crippen molar-refractivity contribution in [3.8, 4) is 113 Å². The molecule has 11 rings (SSSR count). The molecule has 0 radical (unpaired) electrons. The molecule has 0 aliphatic heterocycles. The molecule has 3 heterocycles. The van der Waals surface area contributed by atoms with Crippen LogP contribution in [-0.4, -0.2) is 39.9 Å². The quantitative estimate of drug-likeness (QED) is 0.134. The summed E-state index contributed by atoms with van der Waals surface area (Å²) in [6, 6.07) is 74.3. The van der Waals surface area contributed by atoms with Crippen LogP contribution in [0.25, 0.3) is 113 Å². The zero-order valence-corrected chi connectivity index (χ0v) is 37.4. The van der Waals surface area contributed by atoms with Crippen molar-refractivity contribution < 1.29 is 0 Å². The van der Waals surface area contributed by atoms with Gasteiger partial charge in [-0.15, -0.1) is 0 Å². The monoisotopic (exact) mass is 874 g/mol. The van der Waals surface area contributed by atoms with Gasteiger partial charge in [0.25, 0.3) is 0 Å². The highest BCUT2D eigenvalue weighted by atomic mass is 15.0. The summed E-state index contributed by atoms with van der Waals surface area (Å²) in [6.07, 6.45) is 0. The van der Waals surface area contributed by atoms with Crippen LogP contribution in [0.15, 0.2) is 218 Å². The molecular formula is C60H42N8. The molecule has 0 aliphatic carbocycles. The highest BCUT2D eigenvalue weighted by Crippen LogP contribution is 2.37. The summed E-state index contributed by atoms with van der Waals surface area (Å²) in [5.41, 5.74) is 14.6. The van der Waals surface area contributed by atoms with Crippen LogP contribution < -0.4 is 0 Å². The van der Waals surface area contributed by atoms with E-state index < -0.39 is 0 Å². The van der Waals surface area contributed by atoms with Gasteiger partial charge in [-0.25, -0.2) is 39.9 Å². The average molecular weight is 875 g/mol. The van der Waals surface area contributed by atoms with Crippen LogP contribution in [0.4, 0.5) is 0 Å². The molecule has 8 nitrogen and oxygen atoms in total. The zero-order valence-electron chi connectivity index (χ0n) is 37.4. The van der Waals surface area contributed by atoms with Gasteiger partial charge in [-0.3, -0.25) is 0 Å². The molecule has 3 aromatic heterocycles. The van der Waals surface area contributed by atoms with Gasteiger partial charge in [-0.1, -0.05) is 200 Å². The second-order valence-electron chi connectivity index (χ2n) is 16.5. The largest absolute Gasteiger partial charge is 0.239 e. The summed E-state index contributed by atoms with van der Waals surface area (Å²) in [4.78, 5) is 39.4. The summed E-state index contributed by atoms with van der Waals surface area (Å²) in [5.74, 6) is 4.39. The lowest BCUT2D eigenvalue weighted by atomic mass is 9.92. The first-order valence-electron chi connectivity index (χ1n) is 22.5. The molecule has 0 saturated heterocycles. The van der Waals surface area contributed by atoms with Gasteiger partial charge in [-0.05, 0) is 65.4 Å². The fourth-order valence-electron chi connectivity index (χ4n) is 8.41. The Labute approximate surface area is 394 Å². The summed E-state index contributed by atoms with van der Waals surface area (Å²) >= 11 is 0. The standard InChI is InChI=1S/C60H42N8/c1-39-36-54(62-40(2)61-39)53-38-50(42-26-30-47(31-27-42)58-64-55(44-18-9-4-10-19-44)63-56(65-58)45-20-11-5-12-21-45)34-35-52(53)43-28-32-48(33-29-43)59-66-57(46-22-13-6-14-23-46)67-60(68-59)51-25-15-24-49(37-51)41-16-7-3-8-17-41/h3-38H,1-2H3. The van der Waals surface area contributed by atoms with Gasteiger partial charge >= 0.3 is 0 Å².